The predicted octanol–water partition coefficient (Wildman–Crippen LogP) is 3.78. The van der Waals surface area contributed by atoms with Crippen LogP contribution in [0.5, 0.6) is 0 Å². The van der Waals surface area contributed by atoms with Crippen molar-refractivity contribution in [3.63, 3.8) is 0 Å². The number of nitrogens with zero attached hydrogens (tertiary/aromatic N) is 3. The van der Waals surface area contributed by atoms with Gasteiger partial charge in [0.15, 0.2) is 0 Å². The summed E-state index contributed by atoms with van der Waals surface area (Å²) in [5.74, 6) is -0.117. The van der Waals surface area contributed by atoms with Crippen LogP contribution in [0.2, 0.25) is 0 Å². The number of benzene rings is 1. The predicted molar refractivity (Wildman–Crippen MR) is 132 cm³/mol. The molecule has 0 spiro atoms. The number of anilines is 1. The number of amides is 1. The minimum Gasteiger partial charge on any atom is -0.368 e. The lowest BCUT2D eigenvalue weighted by Gasteiger charge is -2.37. The van der Waals surface area contributed by atoms with Gasteiger partial charge in [-0.3, -0.25) is 4.79 Å². The highest BCUT2D eigenvalue weighted by Gasteiger charge is 2.33. The molecule has 1 aromatic heterocycles. The quantitative estimate of drug-likeness (QED) is 0.735. The summed E-state index contributed by atoms with van der Waals surface area (Å²) in [6, 6.07) is 6.46. The first-order valence-corrected chi connectivity index (χ1v) is 13.4. The summed E-state index contributed by atoms with van der Waals surface area (Å²) < 4.78 is 28.5. The van der Waals surface area contributed by atoms with Crippen molar-refractivity contribution in [3.8, 4) is 0 Å². The van der Waals surface area contributed by atoms with E-state index in [1.165, 1.54) is 16.8 Å². The normalized spacial score (nSPS) is 18.4. The molecule has 2 saturated heterocycles. The molecule has 180 valence electrons. The summed E-state index contributed by atoms with van der Waals surface area (Å²) in [6.45, 7) is 11.6. The zero-order valence-corrected chi connectivity index (χ0v) is 21.1. The van der Waals surface area contributed by atoms with Crippen LogP contribution in [-0.4, -0.2) is 67.8 Å². The van der Waals surface area contributed by atoms with E-state index in [9.17, 15) is 13.2 Å². The highest BCUT2D eigenvalue weighted by Crippen LogP contribution is 2.29. The van der Waals surface area contributed by atoms with Crippen molar-refractivity contribution < 1.29 is 13.2 Å². The average Bonchev–Trinajstić information content (AvgIpc) is 2.97. The van der Waals surface area contributed by atoms with Gasteiger partial charge in [0.2, 0.25) is 10.0 Å². The zero-order valence-electron chi connectivity index (χ0n) is 20.3. The van der Waals surface area contributed by atoms with Crippen LogP contribution in [0.1, 0.15) is 58.6 Å². The van der Waals surface area contributed by atoms with Gasteiger partial charge in [-0.05, 0) is 63.3 Å². The van der Waals surface area contributed by atoms with E-state index in [-0.39, 0.29) is 10.8 Å². The van der Waals surface area contributed by atoms with Crippen molar-refractivity contribution in [2.75, 3.05) is 44.2 Å². The third kappa shape index (κ3) is 4.68. The molecule has 1 N–H and O–H groups in total. The summed E-state index contributed by atoms with van der Waals surface area (Å²) in [6.07, 6.45) is 3.90. The highest BCUT2D eigenvalue weighted by molar-refractivity contribution is 7.89. The number of sulfonamides is 1. The largest absolute Gasteiger partial charge is 0.368 e. The fourth-order valence-corrected chi connectivity index (χ4v) is 7.04. The second-order valence-corrected chi connectivity index (χ2v) is 11.3. The van der Waals surface area contributed by atoms with Gasteiger partial charge in [-0.1, -0.05) is 25.0 Å². The summed E-state index contributed by atoms with van der Waals surface area (Å²) in [5, 5.41) is 0. The van der Waals surface area contributed by atoms with Gasteiger partial charge in [0, 0.05) is 50.6 Å². The summed E-state index contributed by atoms with van der Waals surface area (Å²) in [7, 11) is -3.62. The van der Waals surface area contributed by atoms with E-state index in [2.05, 4.69) is 41.9 Å². The first kappa shape index (κ1) is 23.8. The molecule has 2 aliphatic rings. The molecule has 8 heteroatoms. The van der Waals surface area contributed by atoms with Crippen molar-refractivity contribution in [3.05, 3.63) is 46.3 Å². The molecule has 0 unspecified atom stereocenters. The highest BCUT2D eigenvalue weighted by atomic mass is 32.2. The van der Waals surface area contributed by atoms with E-state index in [1.54, 1.807) is 18.2 Å². The Kier molecular flexibility index (Phi) is 6.86. The Morgan fingerprint density at radius 1 is 0.879 bits per heavy atom. The lowest BCUT2D eigenvalue weighted by molar-refractivity contribution is 0.0740. The van der Waals surface area contributed by atoms with E-state index < -0.39 is 10.0 Å². The zero-order chi connectivity index (χ0) is 23.8. The maximum absolute atomic E-state index is 13.4. The third-order valence-corrected chi connectivity index (χ3v) is 9.19. The van der Waals surface area contributed by atoms with Gasteiger partial charge < -0.3 is 14.8 Å². The van der Waals surface area contributed by atoms with Crippen molar-refractivity contribution in [1.29, 1.82) is 0 Å². The molecule has 0 radical (unpaired) electrons. The van der Waals surface area contributed by atoms with Gasteiger partial charge in [0.1, 0.15) is 10.6 Å². The number of rotatable bonds is 4. The van der Waals surface area contributed by atoms with E-state index >= 15 is 0 Å². The van der Waals surface area contributed by atoms with Crippen LogP contribution in [0, 0.1) is 27.7 Å². The van der Waals surface area contributed by atoms with Crippen molar-refractivity contribution in [2.45, 2.75) is 58.3 Å². The molecule has 3 heterocycles. The Morgan fingerprint density at radius 3 is 2.15 bits per heavy atom. The third-order valence-electron chi connectivity index (χ3n) is 7.02. The summed E-state index contributed by atoms with van der Waals surface area (Å²) in [5.41, 5.74) is 5.18. The smallest absolute Gasteiger partial charge is 0.270 e. The monoisotopic (exact) mass is 472 g/mol. The number of aromatic amines is 1. The van der Waals surface area contributed by atoms with Crippen LogP contribution in [-0.2, 0) is 10.0 Å². The molecule has 33 heavy (non-hydrogen) atoms. The number of H-pyrrole nitrogens is 1. The second-order valence-electron chi connectivity index (χ2n) is 9.47. The van der Waals surface area contributed by atoms with E-state index in [0.29, 0.717) is 43.1 Å². The maximum atomic E-state index is 13.4. The number of hydrogen-bond donors (Lipinski definition) is 1. The van der Waals surface area contributed by atoms with Crippen molar-refractivity contribution in [1.82, 2.24) is 14.2 Å². The Labute approximate surface area is 197 Å². The summed E-state index contributed by atoms with van der Waals surface area (Å²) >= 11 is 0. The summed E-state index contributed by atoms with van der Waals surface area (Å²) in [4.78, 5) is 20.9. The number of aryl methyl sites for hydroxylation is 3. The van der Waals surface area contributed by atoms with Gasteiger partial charge in [-0.15, -0.1) is 0 Å². The van der Waals surface area contributed by atoms with Crippen LogP contribution in [0.15, 0.2) is 23.1 Å². The number of carbonyl (C=O) groups is 1. The number of nitrogens with one attached hydrogen (secondary N) is 1. The van der Waals surface area contributed by atoms with Crippen LogP contribution >= 0.6 is 0 Å². The second kappa shape index (κ2) is 9.50. The molecule has 1 aromatic carbocycles. The molecule has 1 amide bonds. The number of piperazine rings is 1. The Balaban J connectivity index is 1.51. The van der Waals surface area contributed by atoms with Gasteiger partial charge in [0.05, 0.1) is 0 Å². The van der Waals surface area contributed by atoms with E-state index in [0.717, 1.165) is 38.8 Å². The van der Waals surface area contributed by atoms with Gasteiger partial charge >= 0.3 is 0 Å². The van der Waals surface area contributed by atoms with Crippen LogP contribution < -0.4 is 4.90 Å². The molecule has 0 atom stereocenters. The van der Waals surface area contributed by atoms with Gasteiger partial charge in [-0.25, -0.2) is 8.42 Å². The molecule has 2 aromatic rings. The van der Waals surface area contributed by atoms with E-state index in [1.807, 2.05) is 4.90 Å². The van der Waals surface area contributed by atoms with Crippen LogP contribution in [0.3, 0.4) is 0 Å². The van der Waals surface area contributed by atoms with Crippen molar-refractivity contribution in [2.24, 2.45) is 0 Å². The first-order chi connectivity index (χ1) is 15.7. The molecular weight excluding hydrogens is 436 g/mol. The molecule has 2 aliphatic heterocycles. The van der Waals surface area contributed by atoms with Crippen molar-refractivity contribution >= 4 is 21.6 Å². The molecule has 2 fully saturated rings. The lowest BCUT2D eigenvalue weighted by atomic mass is 10.1. The minimum atomic E-state index is -3.62. The SMILES string of the molecule is Cc1ccc(C)c(N2CCN(C(=O)c3[nH]c(C)c(S(=O)(=O)N4CCCCCC4)c3C)CC2)c1. The minimum absolute atomic E-state index is 0.117. The average molecular weight is 473 g/mol. The van der Waals surface area contributed by atoms with Gasteiger partial charge in [-0.2, -0.15) is 4.31 Å². The Hall–Kier alpha value is -2.32. The Morgan fingerprint density at radius 2 is 1.52 bits per heavy atom. The molecular formula is C25H36N4O3S. The molecule has 7 nitrogen and oxygen atoms in total. The lowest BCUT2D eigenvalue weighted by Crippen LogP contribution is -2.49. The number of aromatic nitrogens is 1. The first-order valence-electron chi connectivity index (χ1n) is 12.0. The number of carbonyl (C=O) groups excluding carboxylic acids is 1. The van der Waals surface area contributed by atoms with Crippen LogP contribution in [0.25, 0.3) is 0 Å². The number of hydrogen-bond acceptors (Lipinski definition) is 4. The maximum Gasteiger partial charge on any atom is 0.270 e. The molecule has 0 aliphatic carbocycles. The van der Waals surface area contributed by atoms with E-state index in [4.69, 9.17) is 0 Å². The fourth-order valence-electron chi connectivity index (χ4n) is 5.11. The molecule has 4 rings (SSSR count). The molecule has 0 saturated carbocycles. The Bertz CT molecular complexity index is 1120. The van der Waals surface area contributed by atoms with Crippen LogP contribution in [0.4, 0.5) is 5.69 Å². The fraction of sp³-hybridized carbons (Fsp3) is 0.560. The standard InChI is InChI=1S/C25H36N4O3S/c1-18-9-10-19(2)22(17-18)27-13-15-28(16-14-27)25(30)23-20(3)24(21(4)26-23)33(31,32)29-11-7-5-6-8-12-29/h9-10,17,26H,5-8,11-16H2,1-4H3. The van der Waals surface area contributed by atoms with Gasteiger partial charge in [0.25, 0.3) is 5.91 Å². The topological polar surface area (TPSA) is 76.7 Å². The molecule has 0 bridgehead atoms.